The highest BCUT2D eigenvalue weighted by atomic mass is 16.7. The summed E-state index contributed by atoms with van der Waals surface area (Å²) in [4.78, 5) is 21.2. The highest BCUT2D eigenvalue weighted by Crippen LogP contribution is 2.32. The molecule has 3 saturated heterocycles. The van der Waals surface area contributed by atoms with Gasteiger partial charge in [-0.1, -0.05) is 0 Å². The number of hydrogen-bond acceptors (Lipinski definition) is 5. The van der Waals surface area contributed by atoms with Crippen LogP contribution in [0.2, 0.25) is 0 Å². The number of carbonyl (C=O) groups excluding carboxylic acids is 1. The van der Waals surface area contributed by atoms with Crippen molar-refractivity contribution in [2.24, 2.45) is 0 Å². The highest BCUT2D eigenvalue weighted by Gasteiger charge is 2.40. The molecule has 4 rings (SSSR count). The van der Waals surface area contributed by atoms with Crippen LogP contribution in [0.25, 0.3) is 0 Å². The third kappa shape index (κ3) is 2.93. The van der Waals surface area contributed by atoms with Gasteiger partial charge in [-0.25, -0.2) is 0 Å². The van der Waals surface area contributed by atoms with Crippen LogP contribution >= 0.6 is 0 Å². The molecule has 0 bridgehead atoms. The summed E-state index contributed by atoms with van der Waals surface area (Å²) in [6, 6.07) is 1.98. The molecule has 0 aromatic carbocycles. The molecular weight excluding hydrogens is 294 g/mol. The van der Waals surface area contributed by atoms with Crippen LogP contribution in [0.1, 0.15) is 36.0 Å². The van der Waals surface area contributed by atoms with Gasteiger partial charge in [0.15, 0.2) is 5.79 Å². The van der Waals surface area contributed by atoms with Gasteiger partial charge in [-0.05, 0) is 18.9 Å². The standard InChI is InChI=1S/C17H23N3O3/c21-16(20-7-3-17(4-8-20)22-9-10-23-17)14-11-15(13-18-12-14)19-5-1-2-6-19/h11-13H,1-10H2. The Morgan fingerprint density at radius 3 is 2.43 bits per heavy atom. The van der Waals surface area contributed by atoms with Crippen LogP contribution in [0.3, 0.4) is 0 Å². The predicted molar refractivity (Wildman–Crippen MR) is 85.5 cm³/mol. The zero-order valence-corrected chi connectivity index (χ0v) is 13.4. The molecule has 0 saturated carbocycles. The van der Waals surface area contributed by atoms with Crippen molar-refractivity contribution in [2.45, 2.75) is 31.5 Å². The van der Waals surface area contributed by atoms with Gasteiger partial charge in [0.05, 0.1) is 30.7 Å². The highest BCUT2D eigenvalue weighted by molar-refractivity contribution is 5.94. The first-order valence-corrected chi connectivity index (χ1v) is 8.53. The number of piperidine rings is 1. The first-order valence-electron chi connectivity index (χ1n) is 8.53. The fraction of sp³-hybridized carbons (Fsp3) is 0.647. The Kier molecular flexibility index (Phi) is 3.95. The minimum Gasteiger partial charge on any atom is -0.370 e. The van der Waals surface area contributed by atoms with Gasteiger partial charge in [0.2, 0.25) is 0 Å². The molecule has 6 heteroatoms. The molecular formula is C17H23N3O3. The second-order valence-electron chi connectivity index (χ2n) is 6.53. The number of ether oxygens (including phenoxy) is 2. The van der Waals surface area contributed by atoms with E-state index in [-0.39, 0.29) is 5.91 Å². The molecule has 4 heterocycles. The Morgan fingerprint density at radius 1 is 1.04 bits per heavy atom. The molecule has 3 aliphatic heterocycles. The lowest BCUT2D eigenvalue weighted by Crippen LogP contribution is -2.47. The molecule has 1 amide bonds. The van der Waals surface area contributed by atoms with E-state index in [1.807, 2.05) is 17.2 Å². The van der Waals surface area contributed by atoms with Crippen molar-refractivity contribution in [2.75, 3.05) is 44.3 Å². The maximum Gasteiger partial charge on any atom is 0.255 e. The number of anilines is 1. The number of amides is 1. The monoisotopic (exact) mass is 317 g/mol. The average Bonchev–Trinajstić information content (AvgIpc) is 3.28. The van der Waals surface area contributed by atoms with Crippen LogP contribution in [0.15, 0.2) is 18.5 Å². The fourth-order valence-corrected chi connectivity index (χ4v) is 3.71. The molecule has 1 spiro atoms. The number of hydrogen-bond donors (Lipinski definition) is 0. The van der Waals surface area contributed by atoms with Crippen LogP contribution in [-0.2, 0) is 9.47 Å². The van der Waals surface area contributed by atoms with E-state index in [1.165, 1.54) is 12.8 Å². The number of nitrogens with zero attached hydrogens (tertiary/aromatic N) is 3. The van der Waals surface area contributed by atoms with E-state index in [2.05, 4.69) is 9.88 Å². The summed E-state index contributed by atoms with van der Waals surface area (Å²) < 4.78 is 11.4. The van der Waals surface area contributed by atoms with E-state index in [4.69, 9.17) is 9.47 Å². The van der Waals surface area contributed by atoms with Crippen molar-refractivity contribution in [3.05, 3.63) is 24.0 Å². The minimum absolute atomic E-state index is 0.0615. The van der Waals surface area contributed by atoms with Crippen LogP contribution in [0.4, 0.5) is 5.69 Å². The average molecular weight is 317 g/mol. The van der Waals surface area contributed by atoms with E-state index >= 15 is 0 Å². The maximum atomic E-state index is 12.8. The molecule has 0 atom stereocenters. The molecule has 6 nitrogen and oxygen atoms in total. The first-order chi connectivity index (χ1) is 11.3. The Morgan fingerprint density at radius 2 is 1.74 bits per heavy atom. The van der Waals surface area contributed by atoms with Crippen molar-refractivity contribution in [1.29, 1.82) is 0 Å². The van der Waals surface area contributed by atoms with E-state index in [0.717, 1.165) is 31.6 Å². The third-order valence-corrected chi connectivity index (χ3v) is 5.07. The summed E-state index contributed by atoms with van der Waals surface area (Å²) in [5.74, 6) is -0.377. The van der Waals surface area contributed by atoms with E-state index in [1.54, 1.807) is 6.20 Å². The second kappa shape index (κ2) is 6.09. The van der Waals surface area contributed by atoms with E-state index < -0.39 is 5.79 Å². The maximum absolute atomic E-state index is 12.8. The van der Waals surface area contributed by atoms with Gasteiger partial charge < -0.3 is 19.3 Å². The zero-order valence-electron chi connectivity index (χ0n) is 13.4. The normalized spacial score (nSPS) is 23.7. The Labute approximate surface area is 136 Å². The quantitative estimate of drug-likeness (QED) is 0.830. The Hall–Kier alpha value is -1.66. The molecule has 0 unspecified atom stereocenters. The van der Waals surface area contributed by atoms with E-state index in [0.29, 0.717) is 31.9 Å². The molecule has 3 fully saturated rings. The van der Waals surface area contributed by atoms with Gasteiger partial charge in [-0.3, -0.25) is 9.78 Å². The molecule has 0 radical (unpaired) electrons. The lowest BCUT2D eigenvalue weighted by Gasteiger charge is -2.37. The van der Waals surface area contributed by atoms with Gasteiger partial charge in [0.25, 0.3) is 5.91 Å². The number of aromatic nitrogens is 1. The SMILES string of the molecule is O=C(c1cncc(N2CCCC2)c1)N1CCC2(CC1)OCCO2. The number of rotatable bonds is 2. The van der Waals surface area contributed by atoms with Crippen LogP contribution in [-0.4, -0.2) is 61.0 Å². The minimum atomic E-state index is -0.438. The smallest absolute Gasteiger partial charge is 0.255 e. The third-order valence-electron chi connectivity index (χ3n) is 5.07. The topological polar surface area (TPSA) is 54.9 Å². The van der Waals surface area contributed by atoms with Gasteiger partial charge in [0, 0.05) is 45.2 Å². The second-order valence-corrected chi connectivity index (χ2v) is 6.53. The number of carbonyl (C=O) groups is 1. The first kappa shape index (κ1) is 14.9. The lowest BCUT2D eigenvalue weighted by molar-refractivity contribution is -0.181. The summed E-state index contributed by atoms with van der Waals surface area (Å²) in [7, 11) is 0. The molecule has 1 aromatic heterocycles. The fourth-order valence-electron chi connectivity index (χ4n) is 3.71. The van der Waals surface area contributed by atoms with Crippen molar-refractivity contribution in [3.63, 3.8) is 0 Å². The lowest BCUT2D eigenvalue weighted by atomic mass is 10.0. The Bertz CT molecular complexity index is 570. The van der Waals surface area contributed by atoms with Gasteiger partial charge in [-0.2, -0.15) is 0 Å². The van der Waals surface area contributed by atoms with Gasteiger partial charge in [0.1, 0.15) is 0 Å². The number of likely N-dealkylation sites (tertiary alicyclic amines) is 1. The van der Waals surface area contributed by atoms with Gasteiger partial charge in [-0.15, -0.1) is 0 Å². The molecule has 124 valence electrons. The van der Waals surface area contributed by atoms with Crippen molar-refractivity contribution < 1.29 is 14.3 Å². The molecule has 23 heavy (non-hydrogen) atoms. The summed E-state index contributed by atoms with van der Waals surface area (Å²) in [5.41, 5.74) is 1.74. The largest absolute Gasteiger partial charge is 0.370 e. The van der Waals surface area contributed by atoms with Crippen molar-refractivity contribution >= 4 is 11.6 Å². The zero-order chi connectivity index (χ0) is 15.7. The van der Waals surface area contributed by atoms with Gasteiger partial charge >= 0.3 is 0 Å². The predicted octanol–water partition coefficient (Wildman–Crippen LogP) is 1.66. The Balaban J connectivity index is 1.44. The summed E-state index contributed by atoms with van der Waals surface area (Å²) in [5, 5.41) is 0. The molecule has 0 N–H and O–H groups in total. The summed E-state index contributed by atoms with van der Waals surface area (Å²) >= 11 is 0. The van der Waals surface area contributed by atoms with Crippen LogP contribution in [0, 0.1) is 0 Å². The number of pyridine rings is 1. The van der Waals surface area contributed by atoms with Crippen LogP contribution < -0.4 is 4.90 Å². The molecule has 3 aliphatic rings. The molecule has 1 aromatic rings. The summed E-state index contributed by atoms with van der Waals surface area (Å²) in [6.45, 7) is 4.78. The summed E-state index contributed by atoms with van der Waals surface area (Å²) in [6.07, 6.45) is 7.46. The van der Waals surface area contributed by atoms with Crippen LogP contribution in [0.5, 0.6) is 0 Å². The molecule has 0 aliphatic carbocycles. The van der Waals surface area contributed by atoms with E-state index in [9.17, 15) is 4.79 Å². The van der Waals surface area contributed by atoms with Crippen molar-refractivity contribution in [3.8, 4) is 0 Å². The van der Waals surface area contributed by atoms with Crippen molar-refractivity contribution in [1.82, 2.24) is 9.88 Å².